The van der Waals surface area contributed by atoms with E-state index in [0.29, 0.717) is 16.5 Å². The lowest BCUT2D eigenvalue weighted by atomic mass is 10.0. The first-order valence-electron chi connectivity index (χ1n) is 7.41. The lowest BCUT2D eigenvalue weighted by Gasteiger charge is -2.12. The molecule has 0 aliphatic rings. The molecule has 5 nitrogen and oxygen atoms in total. The van der Waals surface area contributed by atoms with Crippen LogP contribution in [0.2, 0.25) is 5.02 Å². The summed E-state index contributed by atoms with van der Waals surface area (Å²) in [6.45, 7) is 4.57. The fourth-order valence-corrected chi connectivity index (χ4v) is 3.03. The minimum atomic E-state index is -1.73. The summed E-state index contributed by atoms with van der Waals surface area (Å²) in [5.41, 5.74) is -0.0165. The summed E-state index contributed by atoms with van der Waals surface area (Å²) in [7, 11) is 3.74. The molecular formula is C17H18ClFN4OS. The van der Waals surface area contributed by atoms with E-state index in [2.05, 4.69) is 9.37 Å². The molecule has 25 heavy (non-hydrogen) atoms. The van der Waals surface area contributed by atoms with Crippen LogP contribution in [0.3, 0.4) is 0 Å². The van der Waals surface area contributed by atoms with E-state index in [0.717, 1.165) is 17.1 Å². The molecule has 0 saturated carbocycles. The van der Waals surface area contributed by atoms with Gasteiger partial charge in [0.2, 0.25) is 5.06 Å². The van der Waals surface area contributed by atoms with Gasteiger partial charge in [-0.3, -0.25) is 0 Å². The summed E-state index contributed by atoms with van der Waals surface area (Å²) >= 11 is 7.20. The topological polar surface area (TPSA) is 61.5 Å². The third-order valence-corrected chi connectivity index (χ3v) is 4.24. The number of nitriles is 1. The molecule has 0 radical (unpaired) electrons. The molecule has 1 heterocycles. The summed E-state index contributed by atoms with van der Waals surface area (Å²) in [4.78, 5) is 6.15. The molecule has 0 aliphatic heterocycles. The van der Waals surface area contributed by atoms with E-state index in [-0.39, 0.29) is 16.3 Å². The quantitative estimate of drug-likeness (QED) is 0.528. The zero-order valence-corrected chi connectivity index (χ0v) is 16.2. The molecule has 2 aromatic rings. The molecule has 0 aliphatic carbocycles. The maximum atomic E-state index is 14.2. The van der Waals surface area contributed by atoms with Gasteiger partial charge < -0.3 is 9.64 Å². The van der Waals surface area contributed by atoms with E-state index in [1.54, 1.807) is 18.5 Å². The Kier molecular flexibility index (Phi) is 5.65. The number of hydrogen-bond acceptors (Lipinski definition) is 5. The zero-order chi connectivity index (χ0) is 18.8. The molecule has 0 atom stereocenters. The van der Waals surface area contributed by atoms with Crippen molar-refractivity contribution in [1.29, 1.82) is 5.26 Å². The molecule has 0 spiro atoms. The number of benzene rings is 1. The molecule has 0 bridgehead atoms. The zero-order valence-electron chi connectivity index (χ0n) is 14.6. The number of aliphatic imine (C=N–C) groups is 1. The van der Waals surface area contributed by atoms with Crippen LogP contribution < -0.4 is 4.74 Å². The highest BCUT2D eigenvalue weighted by Crippen LogP contribution is 2.40. The maximum absolute atomic E-state index is 14.2. The second-order valence-electron chi connectivity index (χ2n) is 6.16. The van der Waals surface area contributed by atoms with Crippen LogP contribution in [-0.4, -0.2) is 29.7 Å². The number of aromatic nitrogens is 1. The Labute approximate surface area is 155 Å². The van der Waals surface area contributed by atoms with Crippen LogP contribution in [0.25, 0.3) is 0 Å². The van der Waals surface area contributed by atoms with E-state index < -0.39 is 5.67 Å². The van der Waals surface area contributed by atoms with Crippen LogP contribution in [0, 0.1) is 18.3 Å². The van der Waals surface area contributed by atoms with Gasteiger partial charge in [-0.05, 0) is 38.5 Å². The normalized spacial score (nSPS) is 11.6. The fourth-order valence-electron chi connectivity index (χ4n) is 1.99. The second-order valence-corrected chi connectivity index (χ2v) is 7.30. The van der Waals surface area contributed by atoms with Crippen molar-refractivity contribution in [2.75, 3.05) is 14.1 Å². The van der Waals surface area contributed by atoms with Crippen LogP contribution in [0.1, 0.15) is 30.7 Å². The molecule has 0 unspecified atom stereocenters. The van der Waals surface area contributed by atoms with Crippen molar-refractivity contribution in [3.63, 3.8) is 0 Å². The highest BCUT2D eigenvalue weighted by Gasteiger charge is 2.29. The SMILES string of the molecule is Cc1cc(Oc2snc(C(C)(C)F)c2C#N)c(Cl)cc1N=CN(C)C. The third-order valence-electron chi connectivity index (χ3n) is 3.22. The summed E-state index contributed by atoms with van der Waals surface area (Å²) in [5.74, 6) is 0.367. The number of nitrogens with zero attached hydrogens (tertiary/aromatic N) is 4. The number of halogens is 2. The lowest BCUT2D eigenvalue weighted by Crippen LogP contribution is -2.11. The summed E-state index contributed by atoms with van der Waals surface area (Å²) < 4.78 is 23.9. The largest absolute Gasteiger partial charge is 0.442 e. The minimum Gasteiger partial charge on any atom is -0.442 e. The molecule has 1 aromatic heterocycles. The monoisotopic (exact) mass is 380 g/mol. The van der Waals surface area contributed by atoms with E-state index in [1.807, 2.05) is 32.0 Å². The van der Waals surface area contributed by atoms with Gasteiger partial charge in [0.25, 0.3) is 0 Å². The van der Waals surface area contributed by atoms with Crippen molar-refractivity contribution < 1.29 is 9.13 Å². The van der Waals surface area contributed by atoms with E-state index >= 15 is 0 Å². The summed E-state index contributed by atoms with van der Waals surface area (Å²) in [6, 6.07) is 5.37. The van der Waals surface area contributed by atoms with Crippen molar-refractivity contribution >= 4 is 35.2 Å². The fraction of sp³-hybridized carbons (Fsp3) is 0.353. The average Bonchev–Trinajstić information content (AvgIpc) is 2.92. The number of ether oxygens (including phenoxy) is 1. The number of alkyl halides is 1. The molecule has 8 heteroatoms. The van der Waals surface area contributed by atoms with E-state index in [1.165, 1.54) is 13.8 Å². The van der Waals surface area contributed by atoms with Crippen LogP contribution in [0.15, 0.2) is 17.1 Å². The highest BCUT2D eigenvalue weighted by atomic mass is 35.5. The third kappa shape index (κ3) is 4.47. The minimum absolute atomic E-state index is 0.0649. The highest BCUT2D eigenvalue weighted by molar-refractivity contribution is 7.08. The van der Waals surface area contributed by atoms with Gasteiger partial charge in [-0.25, -0.2) is 9.38 Å². The van der Waals surface area contributed by atoms with Crippen LogP contribution >= 0.6 is 23.1 Å². The Hall–Kier alpha value is -2.17. The lowest BCUT2D eigenvalue weighted by molar-refractivity contribution is 0.215. The van der Waals surface area contributed by atoms with Crippen molar-refractivity contribution in [1.82, 2.24) is 9.27 Å². The molecule has 132 valence electrons. The van der Waals surface area contributed by atoms with Crippen molar-refractivity contribution in [3.8, 4) is 16.9 Å². The summed E-state index contributed by atoms with van der Waals surface area (Å²) in [5, 5.41) is 9.89. The second kappa shape index (κ2) is 7.38. The van der Waals surface area contributed by atoms with Gasteiger partial charge in [0.15, 0.2) is 0 Å². The predicted octanol–water partition coefficient (Wildman–Crippen LogP) is 5.19. The maximum Gasteiger partial charge on any atom is 0.218 e. The smallest absolute Gasteiger partial charge is 0.218 e. The molecule has 2 rings (SSSR count). The van der Waals surface area contributed by atoms with Gasteiger partial charge in [0.1, 0.15) is 28.7 Å². The van der Waals surface area contributed by atoms with E-state index in [9.17, 15) is 9.65 Å². The summed E-state index contributed by atoms with van der Waals surface area (Å²) in [6.07, 6.45) is 1.67. The van der Waals surface area contributed by atoms with Crippen molar-refractivity contribution in [3.05, 3.63) is 34.0 Å². The molecule has 0 amide bonds. The average molecular weight is 381 g/mol. The number of rotatable bonds is 5. The van der Waals surface area contributed by atoms with Gasteiger partial charge in [-0.2, -0.15) is 9.64 Å². The first kappa shape index (κ1) is 19.2. The van der Waals surface area contributed by atoms with Gasteiger partial charge in [0, 0.05) is 25.6 Å². The van der Waals surface area contributed by atoms with E-state index in [4.69, 9.17) is 16.3 Å². The van der Waals surface area contributed by atoms with Gasteiger partial charge in [0.05, 0.1) is 17.0 Å². The predicted molar refractivity (Wildman–Crippen MR) is 99.1 cm³/mol. The molecule has 0 N–H and O–H groups in total. The van der Waals surface area contributed by atoms with Gasteiger partial charge in [-0.15, -0.1) is 0 Å². The first-order chi connectivity index (χ1) is 11.6. The van der Waals surface area contributed by atoms with Crippen LogP contribution in [0.5, 0.6) is 10.8 Å². The van der Waals surface area contributed by atoms with Crippen molar-refractivity contribution in [2.24, 2.45) is 4.99 Å². The number of aryl methyl sites for hydroxylation is 1. The first-order valence-corrected chi connectivity index (χ1v) is 8.56. The van der Waals surface area contributed by atoms with Crippen LogP contribution in [0.4, 0.5) is 10.1 Å². The molecule has 0 saturated heterocycles. The Balaban J connectivity index is 2.38. The Morgan fingerprint density at radius 3 is 2.68 bits per heavy atom. The molecule has 1 aromatic carbocycles. The van der Waals surface area contributed by atoms with Gasteiger partial charge in [-0.1, -0.05) is 11.6 Å². The van der Waals surface area contributed by atoms with Crippen molar-refractivity contribution in [2.45, 2.75) is 26.4 Å². The standard InChI is InChI=1S/C17H18ClFN4OS/c1-10-6-14(12(18)7-13(10)21-9-23(4)5)24-16-11(8-20)15(22-25-16)17(2,3)19/h6-7,9H,1-5H3. The Bertz CT molecular complexity index is 850. The van der Waals surface area contributed by atoms with Crippen LogP contribution in [-0.2, 0) is 5.67 Å². The Morgan fingerprint density at radius 1 is 1.44 bits per heavy atom. The Morgan fingerprint density at radius 2 is 2.12 bits per heavy atom. The molecular weight excluding hydrogens is 363 g/mol. The van der Waals surface area contributed by atoms with Gasteiger partial charge >= 0.3 is 0 Å². The molecule has 0 fully saturated rings. The number of hydrogen-bond donors (Lipinski definition) is 0.